The highest BCUT2D eigenvalue weighted by molar-refractivity contribution is 6.33. The summed E-state index contributed by atoms with van der Waals surface area (Å²) in [7, 11) is 0. The van der Waals surface area contributed by atoms with E-state index in [1.807, 2.05) is 17.0 Å². The van der Waals surface area contributed by atoms with Gasteiger partial charge in [0.1, 0.15) is 5.71 Å². The molecule has 2 N–H and O–H groups in total. The number of alkyl halides is 3. The normalized spacial score (nSPS) is 16.1. The lowest BCUT2D eigenvalue weighted by Gasteiger charge is -2.25. The number of allylic oxidation sites excluding steroid dienone is 1. The van der Waals surface area contributed by atoms with Crippen molar-refractivity contribution < 1.29 is 18.0 Å². The summed E-state index contributed by atoms with van der Waals surface area (Å²) in [6, 6.07) is 21.3. The maximum absolute atomic E-state index is 13.4. The Morgan fingerprint density at radius 2 is 1.70 bits per heavy atom. The molecule has 0 saturated carbocycles. The summed E-state index contributed by atoms with van der Waals surface area (Å²) >= 11 is 6.19. The Morgan fingerprint density at radius 1 is 1.05 bits per heavy atom. The van der Waals surface area contributed by atoms with Gasteiger partial charge in [-0.1, -0.05) is 60.1 Å². The molecule has 0 radical (unpaired) electrons. The fourth-order valence-corrected chi connectivity index (χ4v) is 4.67. The van der Waals surface area contributed by atoms with Gasteiger partial charge in [-0.15, -0.1) is 0 Å². The van der Waals surface area contributed by atoms with Crippen LogP contribution < -0.4 is 5.32 Å². The van der Waals surface area contributed by atoms with Gasteiger partial charge in [0.2, 0.25) is 0 Å². The molecule has 1 aliphatic heterocycles. The van der Waals surface area contributed by atoms with E-state index in [9.17, 15) is 18.0 Å². The van der Waals surface area contributed by atoms with Crippen molar-refractivity contribution in [2.45, 2.75) is 38.4 Å². The van der Waals surface area contributed by atoms with E-state index in [2.05, 4.69) is 24.4 Å². The van der Waals surface area contributed by atoms with E-state index in [0.29, 0.717) is 28.4 Å². The number of para-hydroxylation sites is 1. The molecule has 37 heavy (non-hydrogen) atoms. The molecule has 0 bridgehead atoms. The van der Waals surface area contributed by atoms with E-state index >= 15 is 0 Å². The Kier molecular flexibility index (Phi) is 8.03. The Hall–Kier alpha value is -3.58. The molecule has 4 rings (SSSR count). The minimum Gasteiger partial charge on any atom is -0.354 e. The van der Waals surface area contributed by atoms with Crippen LogP contribution in [0.15, 0.2) is 78.9 Å². The first-order chi connectivity index (χ1) is 17.6. The fourth-order valence-electron chi connectivity index (χ4n) is 4.49. The van der Waals surface area contributed by atoms with Crippen molar-refractivity contribution in [3.63, 3.8) is 0 Å². The first-order valence-electron chi connectivity index (χ1n) is 12.0. The number of halogens is 4. The molecule has 1 fully saturated rings. The maximum Gasteiger partial charge on any atom is 0.432 e. The standard InChI is InChI=1S/C29H27ClF3N3O/c1-19-7-2-3-8-22(19)17-23-9-6-16-36(23)28(37)21-14-12-20(13-15-21)26(18-27(34)29(31,32)33)35-25-11-5-4-10-24(25)30/h2-5,7-8,10-15,18,23,34-35H,6,9,16-17H2,1H3/b26-18-,34-27?. The Bertz CT molecular complexity index is 1320. The third kappa shape index (κ3) is 6.41. The van der Waals surface area contributed by atoms with Crippen LogP contribution in [0, 0.1) is 12.3 Å². The van der Waals surface area contributed by atoms with E-state index in [4.69, 9.17) is 17.0 Å². The first-order valence-corrected chi connectivity index (χ1v) is 12.4. The van der Waals surface area contributed by atoms with Gasteiger partial charge in [0.15, 0.2) is 0 Å². The molecule has 1 heterocycles. The molecule has 0 aliphatic carbocycles. The number of aryl methyl sites for hydroxylation is 1. The topological polar surface area (TPSA) is 56.2 Å². The van der Waals surface area contributed by atoms with Crippen LogP contribution in [0.3, 0.4) is 0 Å². The van der Waals surface area contributed by atoms with Crippen LogP contribution in [0.1, 0.15) is 39.9 Å². The molecule has 0 spiro atoms. The van der Waals surface area contributed by atoms with Crippen molar-refractivity contribution in [1.82, 2.24) is 4.90 Å². The molecule has 1 atom stereocenters. The zero-order valence-corrected chi connectivity index (χ0v) is 21.0. The van der Waals surface area contributed by atoms with Gasteiger partial charge in [-0.2, -0.15) is 13.2 Å². The minimum atomic E-state index is -4.80. The highest BCUT2D eigenvalue weighted by atomic mass is 35.5. The number of hydrogen-bond acceptors (Lipinski definition) is 3. The van der Waals surface area contributed by atoms with E-state index in [-0.39, 0.29) is 17.6 Å². The van der Waals surface area contributed by atoms with Crippen LogP contribution in [0.5, 0.6) is 0 Å². The lowest BCUT2D eigenvalue weighted by Crippen LogP contribution is -2.36. The van der Waals surface area contributed by atoms with E-state index in [1.165, 1.54) is 11.1 Å². The van der Waals surface area contributed by atoms with Gasteiger partial charge in [0.25, 0.3) is 5.91 Å². The van der Waals surface area contributed by atoms with Gasteiger partial charge in [-0.25, -0.2) is 0 Å². The second-order valence-corrected chi connectivity index (χ2v) is 9.48. The van der Waals surface area contributed by atoms with Crippen molar-refractivity contribution in [2.75, 3.05) is 11.9 Å². The largest absolute Gasteiger partial charge is 0.432 e. The number of rotatable bonds is 7. The lowest BCUT2D eigenvalue weighted by molar-refractivity contribution is -0.0583. The van der Waals surface area contributed by atoms with Gasteiger partial charge >= 0.3 is 6.18 Å². The third-order valence-corrected chi connectivity index (χ3v) is 6.86. The summed E-state index contributed by atoms with van der Waals surface area (Å²) in [5.74, 6) is -0.102. The summed E-state index contributed by atoms with van der Waals surface area (Å²) in [5, 5.41) is 10.7. The van der Waals surface area contributed by atoms with Crippen molar-refractivity contribution in [3.8, 4) is 0 Å². The fraction of sp³-hybridized carbons (Fsp3) is 0.241. The van der Waals surface area contributed by atoms with Gasteiger partial charge < -0.3 is 10.2 Å². The summed E-state index contributed by atoms with van der Waals surface area (Å²) in [4.78, 5) is 15.2. The number of carbonyl (C=O) groups excluding carboxylic acids is 1. The maximum atomic E-state index is 13.4. The quantitative estimate of drug-likeness (QED) is 0.313. The van der Waals surface area contributed by atoms with Crippen molar-refractivity contribution in [3.05, 3.63) is 106 Å². The lowest BCUT2D eigenvalue weighted by atomic mass is 9.99. The Morgan fingerprint density at radius 3 is 2.38 bits per heavy atom. The van der Waals surface area contributed by atoms with Crippen molar-refractivity contribution in [1.29, 1.82) is 5.41 Å². The zero-order chi connectivity index (χ0) is 26.6. The van der Waals surface area contributed by atoms with Gasteiger partial charge in [0.05, 0.1) is 10.7 Å². The number of benzene rings is 3. The number of likely N-dealkylation sites (tertiary alicyclic amines) is 1. The number of anilines is 1. The van der Waals surface area contributed by atoms with Gasteiger partial charge in [-0.05, 0) is 73.2 Å². The highest BCUT2D eigenvalue weighted by Gasteiger charge is 2.33. The second kappa shape index (κ2) is 11.2. The Balaban J connectivity index is 1.57. The van der Waals surface area contributed by atoms with Crippen LogP contribution in [0.2, 0.25) is 5.02 Å². The minimum absolute atomic E-state index is 0.0491. The molecular formula is C29H27ClF3N3O. The summed E-state index contributed by atoms with van der Waals surface area (Å²) < 4.78 is 39.4. The third-order valence-electron chi connectivity index (χ3n) is 6.53. The smallest absolute Gasteiger partial charge is 0.354 e. The number of hydrogen-bond donors (Lipinski definition) is 2. The summed E-state index contributed by atoms with van der Waals surface area (Å²) in [6.07, 6.45) is -1.45. The zero-order valence-electron chi connectivity index (χ0n) is 20.3. The van der Waals surface area contributed by atoms with E-state index in [1.54, 1.807) is 48.5 Å². The van der Waals surface area contributed by atoms with Crippen molar-refractivity contribution >= 4 is 34.6 Å². The molecule has 1 aliphatic rings. The number of amides is 1. The molecule has 8 heteroatoms. The predicted octanol–water partition coefficient (Wildman–Crippen LogP) is 7.53. The van der Waals surface area contributed by atoms with Crippen LogP contribution in [0.25, 0.3) is 5.70 Å². The average molecular weight is 526 g/mol. The van der Waals surface area contributed by atoms with Crippen LogP contribution in [-0.2, 0) is 6.42 Å². The first kappa shape index (κ1) is 26.5. The van der Waals surface area contributed by atoms with E-state index < -0.39 is 11.9 Å². The van der Waals surface area contributed by atoms with Crippen LogP contribution in [-0.4, -0.2) is 35.3 Å². The van der Waals surface area contributed by atoms with E-state index in [0.717, 1.165) is 25.3 Å². The number of nitrogens with one attached hydrogen (secondary N) is 2. The molecule has 3 aromatic rings. The molecule has 3 aromatic carbocycles. The number of carbonyl (C=O) groups is 1. The predicted molar refractivity (Wildman–Crippen MR) is 142 cm³/mol. The second-order valence-electron chi connectivity index (χ2n) is 9.08. The molecule has 4 nitrogen and oxygen atoms in total. The molecule has 192 valence electrons. The molecule has 1 amide bonds. The Labute approximate surface area is 219 Å². The molecule has 1 saturated heterocycles. The summed E-state index contributed by atoms with van der Waals surface area (Å²) in [5.41, 5.74) is 2.22. The average Bonchev–Trinajstić information content (AvgIpc) is 3.33. The molecule has 0 aromatic heterocycles. The van der Waals surface area contributed by atoms with Crippen molar-refractivity contribution in [2.24, 2.45) is 0 Å². The highest BCUT2D eigenvalue weighted by Crippen LogP contribution is 2.29. The summed E-state index contributed by atoms with van der Waals surface area (Å²) in [6.45, 7) is 2.73. The monoisotopic (exact) mass is 525 g/mol. The SMILES string of the molecule is Cc1ccccc1CC1CCCN1C(=O)c1ccc(/C(=C/C(=N)C(F)(F)F)Nc2ccccc2Cl)cc1. The number of nitrogens with zero attached hydrogens (tertiary/aromatic N) is 1. The van der Waals surface area contributed by atoms with Crippen LogP contribution >= 0.6 is 11.6 Å². The van der Waals surface area contributed by atoms with Gasteiger partial charge in [0, 0.05) is 23.8 Å². The molecular weight excluding hydrogens is 499 g/mol. The van der Waals surface area contributed by atoms with Crippen LogP contribution in [0.4, 0.5) is 18.9 Å². The van der Waals surface area contributed by atoms with Gasteiger partial charge in [-0.3, -0.25) is 10.2 Å². The molecule has 1 unspecified atom stereocenters.